The van der Waals surface area contributed by atoms with Gasteiger partial charge in [0, 0.05) is 30.3 Å². The van der Waals surface area contributed by atoms with Gasteiger partial charge in [-0.2, -0.15) is 0 Å². The number of hydrogen-bond donors (Lipinski definition) is 2. The van der Waals surface area contributed by atoms with Gasteiger partial charge in [0.1, 0.15) is 11.6 Å². The first-order valence-corrected chi connectivity index (χ1v) is 6.98. The smallest absolute Gasteiger partial charge is 0.251 e. The maximum absolute atomic E-state index is 12.9. The Kier molecular flexibility index (Phi) is 5.30. The molecule has 0 heterocycles. The summed E-state index contributed by atoms with van der Waals surface area (Å²) in [6.45, 7) is 1.63. The fraction of sp³-hybridized carbons (Fsp3) is 0.176. The number of anilines is 1. The largest absolute Gasteiger partial charge is 0.496 e. The first kappa shape index (κ1) is 16.5. The van der Waals surface area contributed by atoms with E-state index in [0.717, 1.165) is 0 Å². The Morgan fingerprint density at radius 2 is 1.83 bits per heavy atom. The Labute approximate surface area is 133 Å². The van der Waals surface area contributed by atoms with Gasteiger partial charge in [0.25, 0.3) is 5.91 Å². The summed E-state index contributed by atoms with van der Waals surface area (Å²) in [5, 5.41) is 5.41. The molecular formula is C17H17FN2O3. The van der Waals surface area contributed by atoms with E-state index in [2.05, 4.69) is 10.6 Å². The summed E-state index contributed by atoms with van der Waals surface area (Å²) in [6.07, 6.45) is 0. The van der Waals surface area contributed by atoms with Crippen molar-refractivity contribution in [1.29, 1.82) is 0 Å². The van der Waals surface area contributed by atoms with Crippen LogP contribution in [0.1, 0.15) is 22.8 Å². The second kappa shape index (κ2) is 7.40. The molecule has 6 heteroatoms. The summed E-state index contributed by atoms with van der Waals surface area (Å²) < 4.78 is 18.1. The van der Waals surface area contributed by atoms with Crippen molar-refractivity contribution in [1.82, 2.24) is 5.32 Å². The second-order valence-corrected chi connectivity index (χ2v) is 4.90. The van der Waals surface area contributed by atoms with Crippen molar-refractivity contribution in [2.75, 3.05) is 12.4 Å². The van der Waals surface area contributed by atoms with Gasteiger partial charge in [-0.3, -0.25) is 9.59 Å². The fourth-order valence-corrected chi connectivity index (χ4v) is 2.08. The highest BCUT2D eigenvalue weighted by atomic mass is 19.1. The Morgan fingerprint density at radius 1 is 1.13 bits per heavy atom. The van der Waals surface area contributed by atoms with Crippen molar-refractivity contribution in [3.63, 3.8) is 0 Å². The molecule has 0 radical (unpaired) electrons. The number of rotatable bonds is 5. The molecule has 23 heavy (non-hydrogen) atoms. The van der Waals surface area contributed by atoms with Gasteiger partial charge in [-0.25, -0.2) is 4.39 Å². The molecule has 2 N–H and O–H groups in total. The standard InChI is InChI=1S/C17H17FN2O3/c1-11(21)20-15-7-8-16(23-2)13(9-15)10-19-17(22)12-3-5-14(18)6-4-12/h3-9H,10H2,1-2H3,(H,19,22)(H,20,21). The van der Waals surface area contributed by atoms with Crippen LogP contribution in [0.25, 0.3) is 0 Å². The average molecular weight is 316 g/mol. The van der Waals surface area contributed by atoms with E-state index in [1.807, 2.05) is 0 Å². The molecule has 5 nitrogen and oxygen atoms in total. The number of halogens is 1. The Bertz CT molecular complexity index is 714. The first-order valence-electron chi connectivity index (χ1n) is 6.98. The van der Waals surface area contributed by atoms with Crippen molar-refractivity contribution >= 4 is 17.5 Å². The number of carbonyl (C=O) groups is 2. The third-order valence-electron chi connectivity index (χ3n) is 3.15. The molecule has 120 valence electrons. The van der Waals surface area contributed by atoms with Gasteiger partial charge in [-0.1, -0.05) is 0 Å². The van der Waals surface area contributed by atoms with E-state index in [-0.39, 0.29) is 18.4 Å². The van der Waals surface area contributed by atoms with Gasteiger partial charge in [0.2, 0.25) is 5.91 Å². The van der Waals surface area contributed by atoms with Gasteiger partial charge >= 0.3 is 0 Å². The molecule has 2 aromatic rings. The zero-order valence-electron chi connectivity index (χ0n) is 12.9. The van der Waals surface area contributed by atoms with Crippen LogP contribution in [0.4, 0.5) is 10.1 Å². The molecular weight excluding hydrogens is 299 g/mol. The topological polar surface area (TPSA) is 67.4 Å². The predicted octanol–water partition coefficient (Wildman–Crippen LogP) is 2.72. The molecule has 2 aromatic carbocycles. The monoisotopic (exact) mass is 316 g/mol. The molecule has 0 saturated heterocycles. The van der Waals surface area contributed by atoms with E-state index < -0.39 is 5.82 Å². The van der Waals surface area contributed by atoms with Gasteiger partial charge < -0.3 is 15.4 Å². The Balaban J connectivity index is 2.10. The van der Waals surface area contributed by atoms with Crippen molar-refractivity contribution in [2.45, 2.75) is 13.5 Å². The van der Waals surface area contributed by atoms with Gasteiger partial charge in [0.15, 0.2) is 0 Å². The van der Waals surface area contributed by atoms with Crippen molar-refractivity contribution in [3.8, 4) is 5.75 Å². The Hall–Kier alpha value is -2.89. The van der Waals surface area contributed by atoms with Gasteiger partial charge in [-0.15, -0.1) is 0 Å². The van der Waals surface area contributed by atoms with E-state index >= 15 is 0 Å². The van der Waals surface area contributed by atoms with E-state index in [0.29, 0.717) is 22.6 Å². The number of hydrogen-bond acceptors (Lipinski definition) is 3. The molecule has 0 bridgehead atoms. The van der Waals surface area contributed by atoms with Crippen LogP contribution in [-0.2, 0) is 11.3 Å². The number of ether oxygens (including phenoxy) is 1. The molecule has 0 aliphatic heterocycles. The normalized spacial score (nSPS) is 10.0. The summed E-state index contributed by atoms with van der Waals surface area (Å²) >= 11 is 0. The van der Waals surface area contributed by atoms with Crippen molar-refractivity contribution in [3.05, 3.63) is 59.4 Å². The molecule has 0 spiro atoms. The van der Waals surface area contributed by atoms with Crippen molar-refractivity contribution in [2.24, 2.45) is 0 Å². The molecule has 0 atom stereocenters. The number of amides is 2. The maximum atomic E-state index is 12.9. The lowest BCUT2D eigenvalue weighted by Crippen LogP contribution is -2.23. The highest BCUT2D eigenvalue weighted by Crippen LogP contribution is 2.22. The SMILES string of the molecule is COc1ccc(NC(C)=O)cc1CNC(=O)c1ccc(F)cc1. The highest BCUT2D eigenvalue weighted by molar-refractivity contribution is 5.94. The van der Waals surface area contributed by atoms with E-state index in [1.165, 1.54) is 38.3 Å². The van der Waals surface area contributed by atoms with Gasteiger partial charge in [-0.05, 0) is 42.5 Å². The predicted molar refractivity (Wildman–Crippen MR) is 84.9 cm³/mol. The van der Waals surface area contributed by atoms with Crippen LogP contribution in [0.3, 0.4) is 0 Å². The van der Waals surface area contributed by atoms with Crippen LogP contribution in [-0.4, -0.2) is 18.9 Å². The molecule has 0 aliphatic rings. The molecule has 2 amide bonds. The van der Waals surface area contributed by atoms with Crippen molar-refractivity contribution < 1.29 is 18.7 Å². The van der Waals surface area contributed by atoms with Crippen LogP contribution < -0.4 is 15.4 Å². The summed E-state index contributed by atoms with van der Waals surface area (Å²) in [7, 11) is 1.53. The lowest BCUT2D eigenvalue weighted by atomic mass is 10.1. The molecule has 0 aliphatic carbocycles. The lowest BCUT2D eigenvalue weighted by Gasteiger charge is -2.12. The average Bonchev–Trinajstić information content (AvgIpc) is 2.53. The third kappa shape index (κ3) is 4.54. The molecule has 0 saturated carbocycles. The zero-order valence-corrected chi connectivity index (χ0v) is 12.9. The van der Waals surface area contributed by atoms with E-state index in [1.54, 1.807) is 18.2 Å². The third-order valence-corrected chi connectivity index (χ3v) is 3.15. The Morgan fingerprint density at radius 3 is 2.43 bits per heavy atom. The molecule has 0 unspecified atom stereocenters. The number of benzene rings is 2. The molecule has 2 rings (SSSR count). The van der Waals surface area contributed by atoms with Crippen LogP contribution in [0.15, 0.2) is 42.5 Å². The highest BCUT2D eigenvalue weighted by Gasteiger charge is 2.09. The summed E-state index contributed by atoms with van der Waals surface area (Å²) in [6, 6.07) is 10.4. The van der Waals surface area contributed by atoms with Crippen LogP contribution in [0.5, 0.6) is 5.75 Å². The number of methoxy groups -OCH3 is 1. The minimum Gasteiger partial charge on any atom is -0.496 e. The first-order chi connectivity index (χ1) is 11.0. The fourth-order valence-electron chi connectivity index (χ4n) is 2.08. The van der Waals surface area contributed by atoms with E-state index in [4.69, 9.17) is 4.74 Å². The van der Waals surface area contributed by atoms with Crippen LogP contribution in [0, 0.1) is 5.82 Å². The molecule has 0 fully saturated rings. The summed E-state index contributed by atoms with van der Waals surface area (Å²) in [5.74, 6) is -0.307. The van der Waals surface area contributed by atoms with Crippen LogP contribution >= 0.6 is 0 Å². The van der Waals surface area contributed by atoms with Crippen LogP contribution in [0.2, 0.25) is 0 Å². The summed E-state index contributed by atoms with van der Waals surface area (Å²) in [5.41, 5.74) is 1.70. The molecule has 0 aromatic heterocycles. The lowest BCUT2D eigenvalue weighted by molar-refractivity contribution is -0.114. The zero-order chi connectivity index (χ0) is 16.8. The van der Waals surface area contributed by atoms with Gasteiger partial charge in [0.05, 0.1) is 7.11 Å². The number of carbonyl (C=O) groups excluding carboxylic acids is 2. The number of nitrogens with one attached hydrogen (secondary N) is 2. The summed E-state index contributed by atoms with van der Waals surface area (Å²) in [4.78, 5) is 23.2. The maximum Gasteiger partial charge on any atom is 0.251 e. The second-order valence-electron chi connectivity index (χ2n) is 4.90. The minimum absolute atomic E-state index is 0.184. The van der Waals surface area contributed by atoms with E-state index in [9.17, 15) is 14.0 Å². The minimum atomic E-state index is -0.397. The quantitative estimate of drug-likeness (QED) is 0.891.